The van der Waals surface area contributed by atoms with Gasteiger partial charge in [-0.05, 0) is 48.5 Å². The number of furan rings is 1. The molecule has 112 valence electrons. The molecule has 3 nitrogen and oxygen atoms in total. The van der Waals surface area contributed by atoms with Crippen molar-refractivity contribution in [3.8, 4) is 11.3 Å². The van der Waals surface area contributed by atoms with E-state index in [2.05, 4.69) is 5.32 Å². The number of rotatable bonds is 2. The third-order valence-electron chi connectivity index (χ3n) is 3.75. The lowest BCUT2D eigenvalue weighted by Gasteiger charge is -1.98. The van der Waals surface area contributed by atoms with Gasteiger partial charge >= 0.3 is 0 Å². The molecule has 1 amide bonds. The second kappa shape index (κ2) is 5.45. The van der Waals surface area contributed by atoms with E-state index in [0.717, 1.165) is 22.6 Å². The predicted molar refractivity (Wildman–Crippen MR) is 92.1 cm³/mol. The molecule has 0 saturated heterocycles. The van der Waals surface area contributed by atoms with Crippen LogP contribution in [0.1, 0.15) is 11.3 Å². The zero-order valence-corrected chi connectivity index (χ0v) is 12.8. The Labute approximate surface area is 138 Å². The minimum atomic E-state index is -0.115. The number of benzene rings is 2. The van der Waals surface area contributed by atoms with E-state index in [1.54, 1.807) is 6.08 Å². The van der Waals surface area contributed by atoms with Crippen molar-refractivity contribution in [2.24, 2.45) is 0 Å². The molecule has 4 rings (SSSR count). The quantitative estimate of drug-likeness (QED) is 0.668. The SMILES string of the molecule is O=C1Nc2ccccc2/C1=C/c1ccc(-c2ccc(Cl)cc2)o1. The van der Waals surface area contributed by atoms with E-state index in [1.165, 1.54) is 0 Å². The summed E-state index contributed by atoms with van der Waals surface area (Å²) in [5, 5.41) is 3.53. The van der Waals surface area contributed by atoms with E-state index in [-0.39, 0.29) is 5.91 Å². The van der Waals surface area contributed by atoms with Crippen LogP contribution in [-0.2, 0) is 4.79 Å². The van der Waals surface area contributed by atoms with Crippen LogP contribution in [0.5, 0.6) is 0 Å². The smallest absolute Gasteiger partial charge is 0.256 e. The van der Waals surface area contributed by atoms with E-state index >= 15 is 0 Å². The van der Waals surface area contributed by atoms with Gasteiger partial charge in [0.2, 0.25) is 0 Å². The molecule has 1 aromatic heterocycles. The van der Waals surface area contributed by atoms with Gasteiger partial charge in [0.25, 0.3) is 5.91 Å². The Morgan fingerprint density at radius 1 is 0.957 bits per heavy atom. The molecular weight excluding hydrogens is 310 g/mol. The van der Waals surface area contributed by atoms with Crippen LogP contribution in [0.2, 0.25) is 5.02 Å². The first-order valence-corrected chi connectivity index (χ1v) is 7.57. The average molecular weight is 322 g/mol. The van der Waals surface area contributed by atoms with E-state index in [0.29, 0.717) is 16.4 Å². The van der Waals surface area contributed by atoms with Gasteiger partial charge in [-0.2, -0.15) is 0 Å². The van der Waals surface area contributed by atoms with Crippen molar-refractivity contribution in [2.75, 3.05) is 5.32 Å². The van der Waals surface area contributed by atoms with Crippen LogP contribution >= 0.6 is 11.6 Å². The highest BCUT2D eigenvalue weighted by molar-refractivity contribution is 6.34. The number of anilines is 1. The molecule has 0 fully saturated rings. The van der Waals surface area contributed by atoms with Gasteiger partial charge in [-0.1, -0.05) is 29.8 Å². The summed E-state index contributed by atoms with van der Waals surface area (Å²) in [7, 11) is 0. The maximum absolute atomic E-state index is 12.1. The molecule has 3 aromatic rings. The van der Waals surface area contributed by atoms with Crippen LogP contribution < -0.4 is 5.32 Å². The van der Waals surface area contributed by atoms with Crippen LogP contribution in [0, 0.1) is 0 Å². The van der Waals surface area contributed by atoms with Gasteiger partial charge in [0.15, 0.2) is 0 Å². The Morgan fingerprint density at radius 2 is 1.74 bits per heavy atom. The topological polar surface area (TPSA) is 42.2 Å². The zero-order chi connectivity index (χ0) is 15.8. The number of halogens is 1. The molecule has 0 spiro atoms. The number of fused-ring (bicyclic) bond motifs is 1. The first kappa shape index (κ1) is 13.9. The third-order valence-corrected chi connectivity index (χ3v) is 4.00. The van der Waals surface area contributed by atoms with Crippen molar-refractivity contribution in [2.45, 2.75) is 0 Å². The molecule has 1 aliphatic heterocycles. The molecule has 0 bridgehead atoms. The number of hydrogen-bond acceptors (Lipinski definition) is 2. The molecule has 0 unspecified atom stereocenters. The van der Waals surface area contributed by atoms with E-state index in [1.807, 2.05) is 60.7 Å². The minimum absolute atomic E-state index is 0.115. The second-order valence-electron chi connectivity index (χ2n) is 5.27. The van der Waals surface area contributed by atoms with Gasteiger partial charge in [0.1, 0.15) is 11.5 Å². The fourth-order valence-electron chi connectivity index (χ4n) is 2.62. The molecule has 23 heavy (non-hydrogen) atoms. The van der Waals surface area contributed by atoms with E-state index in [4.69, 9.17) is 16.0 Å². The highest BCUT2D eigenvalue weighted by Gasteiger charge is 2.23. The second-order valence-corrected chi connectivity index (χ2v) is 5.70. The maximum Gasteiger partial charge on any atom is 0.256 e. The van der Waals surface area contributed by atoms with Gasteiger partial charge < -0.3 is 9.73 Å². The molecule has 0 radical (unpaired) electrons. The molecule has 0 atom stereocenters. The summed E-state index contributed by atoms with van der Waals surface area (Å²) < 4.78 is 5.84. The van der Waals surface area contributed by atoms with Crippen LogP contribution in [0.4, 0.5) is 5.69 Å². The van der Waals surface area contributed by atoms with Crippen LogP contribution in [0.15, 0.2) is 65.1 Å². The molecule has 0 saturated carbocycles. The predicted octanol–water partition coefficient (Wildman–Crippen LogP) is 5.09. The van der Waals surface area contributed by atoms with Crippen molar-refractivity contribution in [1.82, 2.24) is 0 Å². The summed E-state index contributed by atoms with van der Waals surface area (Å²) in [5.41, 5.74) is 3.27. The molecule has 4 heteroatoms. The number of carbonyl (C=O) groups is 1. The lowest BCUT2D eigenvalue weighted by atomic mass is 10.1. The van der Waals surface area contributed by atoms with Crippen LogP contribution in [-0.4, -0.2) is 5.91 Å². The number of hydrogen-bond donors (Lipinski definition) is 1. The van der Waals surface area contributed by atoms with Gasteiger partial charge in [-0.25, -0.2) is 0 Å². The average Bonchev–Trinajstić information content (AvgIpc) is 3.14. The van der Waals surface area contributed by atoms with Gasteiger partial charge in [0, 0.05) is 21.8 Å². The summed E-state index contributed by atoms with van der Waals surface area (Å²) in [4.78, 5) is 12.1. The fourth-order valence-corrected chi connectivity index (χ4v) is 2.75. The first-order chi connectivity index (χ1) is 11.2. The summed E-state index contributed by atoms with van der Waals surface area (Å²) >= 11 is 5.90. The molecule has 0 aliphatic carbocycles. The number of nitrogens with one attached hydrogen (secondary N) is 1. The van der Waals surface area contributed by atoms with Gasteiger partial charge in [-0.3, -0.25) is 4.79 Å². The monoisotopic (exact) mass is 321 g/mol. The lowest BCUT2D eigenvalue weighted by molar-refractivity contribution is -0.110. The Bertz CT molecular complexity index is 923. The van der Waals surface area contributed by atoms with Crippen molar-refractivity contribution >= 4 is 34.8 Å². The molecule has 2 heterocycles. The number of amides is 1. The van der Waals surface area contributed by atoms with Crippen molar-refractivity contribution < 1.29 is 9.21 Å². The van der Waals surface area contributed by atoms with Crippen LogP contribution in [0.3, 0.4) is 0 Å². The highest BCUT2D eigenvalue weighted by Crippen LogP contribution is 2.33. The molecule has 2 aromatic carbocycles. The largest absolute Gasteiger partial charge is 0.457 e. The summed E-state index contributed by atoms with van der Waals surface area (Å²) in [6, 6.07) is 18.8. The van der Waals surface area contributed by atoms with Crippen molar-refractivity contribution in [3.05, 3.63) is 77.0 Å². The normalized spacial score (nSPS) is 14.8. The Kier molecular flexibility index (Phi) is 3.28. The van der Waals surface area contributed by atoms with Crippen LogP contribution in [0.25, 0.3) is 23.0 Å². The number of carbonyl (C=O) groups excluding carboxylic acids is 1. The van der Waals surface area contributed by atoms with Gasteiger partial charge in [0.05, 0.1) is 5.57 Å². The molecule has 1 aliphatic rings. The molecular formula is C19H12ClNO2. The van der Waals surface area contributed by atoms with E-state index in [9.17, 15) is 4.79 Å². The van der Waals surface area contributed by atoms with Crippen molar-refractivity contribution in [3.63, 3.8) is 0 Å². The summed E-state index contributed by atoms with van der Waals surface area (Å²) in [6.45, 7) is 0. The standard InChI is InChI=1S/C19H12ClNO2/c20-13-7-5-12(6-8-13)18-10-9-14(23-18)11-16-15-3-1-2-4-17(15)21-19(16)22/h1-11H,(H,21,22)/b16-11-. The Morgan fingerprint density at radius 3 is 2.57 bits per heavy atom. The highest BCUT2D eigenvalue weighted by atomic mass is 35.5. The summed E-state index contributed by atoms with van der Waals surface area (Å²) in [5.74, 6) is 1.26. The summed E-state index contributed by atoms with van der Waals surface area (Å²) in [6.07, 6.45) is 1.76. The first-order valence-electron chi connectivity index (χ1n) is 7.19. The fraction of sp³-hybridized carbons (Fsp3) is 0. The molecule has 1 N–H and O–H groups in total. The zero-order valence-electron chi connectivity index (χ0n) is 12.0. The lowest BCUT2D eigenvalue weighted by Crippen LogP contribution is -2.03. The number of para-hydroxylation sites is 1. The third kappa shape index (κ3) is 2.56. The Balaban J connectivity index is 1.70. The Hall–Kier alpha value is -2.78. The maximum atomic E-state index is 12.1. The minimum Gasteiger partial charge on any atom is -0.457 e. The van der Waals surface area contributed by atoms with Crippen molar-refractivity contribution in [1.29, 1.82) is 0 Å². The van der Waals surface area contributed by atoms with E-state index < -0.39 is 0 Å². The van der Waals surface area contributed by atoms with Gasteiger partial charge in [-0.15, -0.1) is 0 Å².